The van der Waals surface area contributed by atoms with Crippen LogP contribution in [0.1, 0.15) is 39.5 Å². The Hall–Kier alpha value is -2.09. The molecule has 21 heavy (non-hydrogen) atoms. The van der Waals surface area contributed by atoms with Crippen molar-refractivity contribution < 1.29 is 4.79 Å². The molecule has 0 aliphatic carbocycles. The highest BCUT2D eigenvalue weighted by molar-refractivity contribution is 5.94. The van der Waals surface area contributed by atoms with Crippen LogP contribution in [0, 0.1) is 13.8 Å². The number of hydrogen-bond donors (Lipinski definition) is 0. The van der Waals surface area contributed by atoms with Gasteiger partial charge in [0.25, 0.3) is 0 Å². The van der Waals surface area contributed by atoms with Crippen molar-refractivity contribution >= 4 is 11.5 Å². The van der Waals surface area contributed by atoms with Gasteiger partial charge >= 0.3 is 0 Å². The maximum Gasteiger partial charge on any atom is 0.159 e. The van der Waals surface area contributed by atoms with E-state index in [2.05, 4.69) is 49.1 Å². The van der Waals surface area contributed by atoms with E-state index in [1.165, 1.54) is 27.9 Å². The van der Waals surface area contributed by atoms with Crippen LogP contribution >= 0.6 is 0 Å². The average Bonchev–Trinajstić information content (AvgIpc) is 2.85. The fourth-order valence-electron chi connectivity index (χ4n) is 3.14. The smallest absolute Gasteiger partial charge is 0.159 e. The van der Waals surface area contributed by atoms with E-state index in [0.717, 1.165) is 25.1 Å². The summed E-state index contributed by atoms with van der Waals surface area (Å²) in [6.45, 7) is 7.97. The number of Topliss-reactive ketones (excluding diaryl/α,β-unsaturated/α-hetero) is 1. The van der Waals surface area contributed by atoms with Crippen molar-refractivity contribution in [1.29, 1.82) is 0 Å². The largest absolute Gasteiger partial charge is 0.367 e. The highest BCUT2D eigenvalue weighted by Gasteiger charge is 2.21. The van der Waals surface area contributed by atoms with Crippen molar-refractivity contribution in [3.05, 3.63) is 64.2 Å². The Morgan fingerprint density at radius 2 is 1.86 bits per heavy atom. The van der Waals surface area contributed by atoms with E-state index in [1.807, 2.05) is 6.07 Å². The first kappa shape index (κ1) is 13.9. The van der Waals surface area contributed by atoms with Crippen LogP contribution in [0.5, 0.6) is 0 Å². The molecule has 0 aromatic heterocycles. The lowest BCUT2D eigenvalue weighted by Gasteiger charge is -2.22. The predicted octanol–water partition coefficient (Wildman–Crippen LogP) is 4.07. The summed E-state index contributed by atoms with van der Waals surface area (Å²) in [4.78, 5) is 13.9. The maximum absolute atomic E-state index is 11.5. The molecule has 0 radical (unpaired) electrons. The zero-order valence-electron chi connectivity index (χ0n) is 12.9. The average molecular weight is 279 g/mol. The normalized spacial score (nSPS) is 13.4. The number of rotatable bonds is 3. The number of aryl methyl sites for hydroxylation is 2. The van der Waals surface area contributed by atoms with E-state index < -0.39 is 0 Å². The van der Waals surface area contributed by atoms with Gasteiger partial charge in [0.2, 0.25) is 0 Å². The zero-order valence-corrected chi connectivity index (χ0v) is 12.9. The van der Waals surface area contributed by atoms with Crippen LogP contribution in [0.25, 0.3) is 0 Å². The molecule has 0 fully saturated rings. The molecule has 3 rings (SSSR count). The fraction of sp³-hybridized carbons (Fsp3) is 0.316. The molecular weight excluding hydrogens is 258 g/mol. The van der Waals surface area contributed by atoms with Gasteiger partial charge in [0.1, 0.15) is 0 Å². The second-order valence-electron chi connectivity index (χ2n) is 5.94. The molecule has 2 heteroatoms. The summed E-state index contributed by atoms with van der Waals surface area (Å²) in [6, 6.07) is 12.6. The Morgan fingerprint density at radius 1 is 1.14 bits per heavy atom. The number of carbonyl (C=O) groups excluding carboxylic acids is 1. The molecule has 0 atom stereocenters. The van der Waals surface area contributed by atoms with Gasteiger partial charge in [-0.25, -0.2) is 0 Å². The summed E-state index contributed by atoms with van der Waals surface area (Å²) in [6.07, 6.45) is 1.03. The molecule has 0 amide bonds. The van der Waals surface area contributed by atoms with Gasteiger partial charge in [-0.05, 0) is 67.6 Å². The van der Waals surface area contributed by atoms with Crippen molar-refractivity contribution in [2.24, 2.45) is 0 Å². The molecular formula is C19H21NO. The molecule has 2 aromatic carbocycles. The third-order valence-corrected chi connectivity index (χ3v) is 4.47. The van der Waals surface area contributed by atoms with E-state index in [1.54, 1.807) is 6.92 Å². The second-order valence-corrected chi connectivity index (χ2v) is 5.94. The molecule has 0 saturated carbocycles. The van der Waals surface area contributed by atoms with Crippen molar-refractivity contribution in [3.8, 4) is 0 Å². The fourth-order valence-corrected chi connectivity index (χ4v) is 3.14. The van der Waals surface area contributed by atoms with Crippen LogP contribution in [0.4, 0.5) is 5.69 Å². The molecule has 2 aromatic rings. The standard InChI is InChI=1S/C19H21NO/c1-13-5-4-6-14(2)18(13)12-20-10-9-17-11-16(15(3)21)7-8-19(17)20/h4-8,11H,9-10,12H2,1-3H3. The van der Waals surface area contributed by atoms with Gasteiger partial charge in [-0.2, -0.15) is 0 Å². The number of fused-ring (bicyclic) bond motifs is 1. The number of ketones is 1. The number of anilines is 1. The minimum absolute atomic E-state index is 0.144. The topological polar surface area (TPSA) is 20.3 Å². The molecule has 0 unspecified atom stereocenters. The van der Waals surface area contributed by atoms with Crippen LogP contribution in [-0.4, -0.2) is 12.3 Å². The molecule has 0 bridgehead atoms. The van der Waals surface area contributed by atoms with Crippen molar-refractivity contribution in [1.82, 2.24) is 0 Å². The van der Waals surface area contributed by atoms with Gasteiger partial charge in [0.05, 0.1) is 0 Å². The highest BCUT2D eigenvalue weighted by Crippen LogP contribution is 2.31. The lowest BCUT2D eigenvalue weighted by molar-refractivity contribution is 0.101. The number of benzene rings is 2. The maximum atomic E-state index is 11.5. The van der Waals surface area contributed by atoms with Gasteiger partial charge in [-0.15, -0.1) is 0 Å². The summed E-state index contributed by atoms with van der Waals surface area (Å²) in [5.41, 5.74) is 7.52. The van der Waals surface area contributed by atoms with E-state index in [-0.39, 0.29) is 5.78 Å². The molecule has 0 N–H and O–H groups in total. The predicted molar refractivity (Wildman–Crippen MR) is 87.1 cm³/mol. The first-order valence-corrected chi connectivity index (χ1v) is 7.50. The lowest BCUT2D eigenvalue weighted by Crippen LogP contribution is -2.20. The summed E-state index contributed by atoms with van der Waals surface area (Å²) >= 11 is 0. The monoisotopic (exact) mass is 279 g/mol. The third kappa shape index (κ3) is 2.58. The minimum Gasteiger partial charge on any atom is -0.367 e. The highest BCUT2D eigenvalue weighted by atomic mass is 16.1. The summed E-state index contributed by atoms with van der Waals surface area (Å²) in [5, 5.41) is 0. The van der Waals surface area contributed by atoms with E-state index in [0.29, 0.717) is 0 Å². The van der Waals surface area contributed by atoms with Gasteiger partial charge in [-0.3, -0.25) is 4.79 Å². The number of carbonyl (C=O) groups is 1. The summed E-state index contributed by atoms with van der Waals surface area (Å²) in [5.74, 6) is 0.144. The molecule has 0 saturated heterocycles. The molecule has 1 heterocycles. The van der Waals surface area contributed by atoms with Crippen LogP contribution in [0.3, 0.4) is 0 Å². The van der Waals surface area contributed by atoms with Crippen LogP contribution in [0.15, 0.2) is 36.4 Å². The van der Waals surface area contributed by atoms with Crippen molar-refractivity contribution in [3.63, 3.8) is 0 Å². The molecule has 108 valence electrons. The summed E-state index contributed by atoms with van der Waals surface area (Å²) < 4.78 is 0. The van der Waals surface area contributed by atoms with Gasteiger partial charge < -0.3 is 4.90 Å². The second kappa shape index (κ2) is 5.36. The lowest BCUT2D eigenvalue weighted by atomic mass is 10.0. The Balaban J connectivity index is 1.90. The molecule has 1 aliphatic heterocycles. The molecule has 2 nitrogen and oxygen atoms in total. The SMILES string of the molecule is CC(=O)c1ccc2c(c1)CCN2Cc1c(C)cccc1C. The van der Waals surface area contributed by atoms with Crippen LogP contribution in [0.2, 0.25) is 0 Å². The molecule has 0 spiro atoms. The molecule has 1 aliphatic rings. The van der Waals surface area contributed by atoms with Crippen molar-refractivity contribution in [2.75, 3.05) is 11.4 Å². The Bertz CT molecular complexity index is 682. The van der Waals surface area contributed by atoms with E-state index in [4.69, 9.17) is 0 Å². The van der Waals surface area contributed by atoms with Gasteiger partial charge in [0.15, 0.2) is 5.78 Å². The first-order valence-electron chi connectivity index (χ1n) is 7.50. The van der Waals surface area contributed by atoms with Gasteiger partial charge in [0, 0.05) is 24.3 Å². The first-order chi connectivity index (χ1) is 10.1. The third-order valence-electron chi connectivity index (χ3n) is 4.47. The summed E-state index contributed by atoms with van der Waals surface area (Å²) in [7, 11) is 0. The number of hydrogen-bond acceptors (Lipinski definition) is 2. The Labute approximate surface area is 126 Å². The Kier molecular flexibility index (Phi) is 3.54. The van der Waals surface area contributed by atoms with Crippen LogP contribution in [-0.2, 0) is 13.0 Å². The van der Waals surface area contributed by atoms with E-state index in [9.17, 15) is 4.79 Å². The van der Waals surface area contributed by atoms with Crippen molar-refractivity contribution in [2.45, 2.75) is 33.7 Å². The minimum atomic E-state index is 0.144. The number of nitrogens with zero attached hydrogens (tertiary/aromatic N) is 1. The Morgan fingerprint density at radius 3 is 2.52 bits per heavy atom. The zero-order chi connectivity index (χ0) is 15.0. The van der Waals surface area contributed by atoms with E-state index >= 15 is 0 Å². The van der Waals surface area contributed by atoms with Crippen LogP contribution < -0.4 is 4.90 Å². The van der Waals surface area contributed by atoms with Gasteiger partial charge in [-0.1, -0.05) is 18.2 Å². The quantitative estimate of drug-likeness (QED) is 0.789.